The van der Waals surface area contributed by atoms with Crippen LogP contribution < -0.4 is 15.0 Å². The van der Waals surface area contributed by atoms with Gasteiger partial charge in [-0.1, -0.05) is 24.3 Å². The number of rotatable bonds is 4. The summed E-state index contributed by atoms with van der Waals surface area (Å²) < 4.78 is 12.8. The maximum absolute atomic E-state index is 13.7. The quantitative estimate of drug-likeness (QED) is 0.597. The summed E-state index contributed by atoms with van der Waals surface area (Å²) in [5, 5.41) is 1.12. The third-order valence-electron chi connectivity index (χ3n) is 7.13. The standard InChI is InChI=1S/C27H30N2O4/c1-32-24-15-21-22(16-25(24)33-2)27(31)29(17-23(21)26(30)28-12-6-3-7-13-28)20-11-10-18-8-4-5-9-19(18)14-20/h4-5,8-9,15-17,20H,3,6-7,10-14H2,1-2H3. The molecular weight excluding hydrogens is 416 g/mol. The van der Waals surface area contributed by atoms with Gasteiger partial charge < -0.3 is 18.9 Å². The molecule has 1 unspecified atom stereocenters. The van der Waals surface area contributed by atoms with E-state index in [1.54, 1.807) is 37.1 Å². The van der Waals surface area contributed by atoms with Crippen molar-refractivity contribution in [3.8, 4) is 11.5 Å². The van der Waals surface area contributed by atoms with Crippen LogP contribution in [0, 0.1) is 0 Å². The summed E-state index contributed by atoms with van der Waals surface area (Å²) in [5.41, 5.74) is 3.09. The van der Waals surface area contributed by atoms with E-state index < -0.39 is 0 Å². The highest BCUT2D eigenvalue weighted by molar-refractivity contribution is 6.07. The first kappa shape index (κ1) is 21.6. The predicted molar refractivity (Wildman–Crippen MR) is 129 cm³/mol. The molecular formula is C27H30N2O4. The Hall–Kier alpha value is -3.28. The third-order valence-corrected chi connectivity index (χ3v) is 7.13. The first-order valence-electron chi connectivity index (χ1n) is 11.8. The monoisotopic (exact) mass is 446 g/mol. The Balaban J connectivity index is 1.67. The second-order valence-electron chi connectivity index (χ2n) is 9.03. The van der Waals surface area contributed by atoms with Gasteiger partial charge in [0.25, 0.3) is 11.5 Å². The van der Waals surface area contributed by atoms with Gasteiger partial charge in [0.05, 0.1) is 25.2 Å². The van der Waals surface area contributed by atoms with E-state index in [1.165, 1.54) is 11.1 Å². The highest BCUT2D eigenvalue weighted by Crippen LogP contribution is 2.34. The molecule has 1 atom stereocenters. The number of fused-ring (bicyclic) bond motifs is 2. The topological polar surface area (TPSA) is 60.8 Å². The number of nitrogens with zero attached hydrogens (tertiary/aromatic N) is 2. The second kappa shape index (κ2) is 8.93. The number of aromatic nitrogens is 1. The predicted octanol–water partition coefficient (Wildman–Crippen LogP) is 4.37. The fourth-order valence-corrected chi connectivity index (χ4v) is 5.31. The number of benzene rings is 2. The number of likely N-dealkylation sites (tertiary alicyclic amines) is 1. The van der Waals surface area contributed by atoms with Gasteiger partial charge in [-0.25, -0.2) is 0 Å². The molecule has 0 radical (unpaired) electrons. The molecule has 1 aliphatic heterocycles. The molecule has 0 bridgehead atoms. The lowest BCUT2D eigenvalue weighted by Gasteiger charge is -2.30. The van der Waals surface area contributed by atoms with Crippen LogP contribution in [0.4, 0.5) is 0 Å². The SMILES string of the molecule is COc1cc2c(C(=O)N3CCCCC3)cn(C3CCc4ccccc4C3)c(=O)c2cc1OC. The molecule has 1 amide bonds. The Morgan fingerprint density at radius 1 is 0.939 bits per heavy atom. The van der Waals surface area contributed by atoms with Crippen molar-refractivity contribution in [3.05, 3.63) is 69.6 Å². The largest absolute Gasteiger partial charge is 0.493 e. The number of hydrogen-bond donors (Lipinski definition) is 0. The molecule has 3 aromatic rings. The molecule has 1 fully saturated rings. The smallest absolute Gasteiger partial charge is 0.258 e. The maximum Gasteiger partial charge on any atom is 0.258 e. The molecule has 5 rings (SSSR count). The summed E-state index contributed by atoms with van der Waals surface area (Å²) in [5.74, 6) is 0.989. The number of ether oxygens (including phenoxy) is 2. The first-order chi connectivity index (χ1) is 16.1. The van der Waals surface area contributed by atoms with E-state index in [4.69, 9.17) is 9.47 Å². The Bertz CT molecular complexity index is 1260. The summed E-state index contributed by atoms with van der Waals surface area (Å²) >= 11 is 0. The minimum absolute atomic E-state index is 0.0119. The van der Waals surface area contributed by atoms with Crippen LogP contribution in [0.15, 0.2) is 47.4 Å². The molecule has 2 aromatic carbocycles. The Kier molecular flexibility index (Phi) is 5.83. The number of aryl methyl sites for hydroxylation is 1. The summed E-state index contributed by atoms with van der Waals surface area (Å²) in [6, 6.07) is 11.9. The molecule has 1 aromatic heterocycles. The van der Waals surface area contributed by atoms with E-state index in [0.717, 1.165) is 51.6 Å². The summed E-state index contributed by atoms with van der Waals surface area (Å²) in [6.45, 7) is 1.51. The van der Waals surface area contributed by atoms with Gasteiger partial charge in [0.2, 0.25) is 0 Å². The molecule has 0 saturated carbocycles. The molecule has 1 saturated heterocycles. The van der Waals surface area contributed by atoms with Crippen LogP contribution in [0.5, 0.6) is 11.5 Å². The number of hydrogen-bond acceptors (Lipinski definition) is 4. The fraction of sp³-hybridized carbons (Fsp3) is 0.407. The minimum Gasteiger partial charge on any atom is -0.493 e. The van der Waals surface area contributed by atoms with Crippen LogP contribution in [-0.2, 0) is 12.8 Å². The summed E-state index contributed by atoms with van der Waals surface area (Å²) in [7, 11) is 3.12. The highest BCUT2D eigenvalue weighted by atomic mass is 16.5. The van der Waals surface area contributed by atoms with Crippen LogP contribution in [0.3, 0.4) is 0 Å². The molecule has 1 aliphatic carbocycles. The van der Waals surface area contributed by atoms with Crippen molar-refractivity contribution in [3.63, 3.8) is 0 Å². The molecule has 0 spiro atoms. The number of piperidine rings is 1. The average Bonchev–Trinajstić information content (AvgIpc) is 2.88. The van der Waals surface area contributed by atoms with Crippen molar-refractivity contribution in [1.82, 2.24) is 9.47 Å². The first-order valence-corrected chi connectivity index (χ1v) is 11.8. The van der Waals surface area contributed by atoms with E-state index in [1.807, 2.05) is 11.0 Å². The van der Waals surface area contributed by atoms with Gasteiger partial charge in [0.1, 0.15) is 0 Å². The van der Waals surface area contributed by atoms with Gasteiger partial charge in [0, 0.05) is 30.7 Å². The van der Waals surface area contributed by atoms with Crippen LogP contribution >= 0.6 is 0 Å². The van der Waals surface area contributed by atoms with E-state index in [2.05, 4.69) is 18.2 Å². The van der Waals surface area contributed by atoms with Crippen LogP contribution in [0.1, 0.15) is 53.2 Å². The number of methoxy groups -OCH3 is 2. The molecule has 33 heavy (non-hydrogen) atoms. The number of pyridine rings is 1. The van der Waals surface area contributed by atoms with Crippen molar-refractivity contribution in [1.29, 1.82) is 0 Å². The Labute approximate surface area is 193 Å². The number of carbonyl (C=O) groups excluding carboxylic acids is 1. The number of amides is 1. The van der Waals surface area contributed by atoms with E-state index in [9.17, 15) is 9.59 Å². The van der Waals surface area contributed by atoms with Crippen molar-refractivity contribution in [2.75, 3.05) is 27.3 Å². The van der Waals surface area contributed by atoms with Gasteiger partial charge in [-0.3, -0.25) is 9.59 Å². The lowest BCUT2D eigenvalue weighted by Crippen LogP contribution is -2.37. The van der Waals surface area contributed by atoms with Gasteiger partial charge in [-0.15, -0.1) is 0 Å². The third kappa shape index (κ3) is 3.88. The van der Waals surface area contributed by atoms with Gasteiger partial charge in [0.15, 0.2) is 11.5 Å². The molecule has 2 aliphatic rings. The molecule has 6 nitrogen and oxygen atoms in total. The minimum atomic E-state index is -0.0921. The van der Waals surface area contributed by atoms with Gasteiger partial charge in [-0.2, -0.15) is 0 Å². The van der Waals surface area contributed by atoms with Crippen molar-refractivity contribution in [2.24, 2.45) is 0 Å². The summed E-state index contributed by atoms with van der Waals surface area (Å²) in [6.07, 6.45) is 7.55. The summed E-state index contributed by atoms with van der Waals surface area (Å²) in [4.78, 5) is 29.3. The van der Waals surface area contributed by atoms with Crippen LogP contribution in [0.25, 0.3) is 10.8 Å². The van der Waals surface area contributed by atoms with E-state index >= 15 is 0 Å². The Morgan fingerprint density at radius 3 is 2.30 bits per heavy atom. The van der Waals surface area contributed by atoms with Crippen LogP contribution in [-0.4, -0.2) is 42.7 Å². The molecule has 0 N–H and O–H groups in total. The molecule has 2 heterocycles. The molecule has 6 heteroatoms. The Morgan fingerprint density at radius 2 is 1.61 bits per heavy atom. The lowest BCUT2D eigenvalue weighted by atomic mass is 9.88. The van der Waals surface area contributed by atoms with Crippen molar-refractivity contribution in [2.45, 2.75) is 44.6 Å². The average molecular weight is 447 g/mol. The van der Waals surface area contributed by atoms with Gasteiger partial charge >= 0.3 is 0 Å². The zero-order chi connectivity index (χ0) is 22.9. The van der Waals surface area contributed by atoms with Crippen LogP contribution in [0.2, 0.25) is 0 Å². The van der Waals surface area contributed by atoms with E-state index in [0.29, 0.717) is 27.8 Å². The normalized spacial score (nSPS) is 18.1. The van der Waals surface area contributed by atoms with E-state index in [-0.39, 0.29) is 17.5 Å². The zero-order valence-corrected chi connectivity index (χ0v) is 19.3. The second-order valence-corrected chi connectivity index (χ2v) is 9.03. The number of carbonyl (C=O) groups is 1. The fourth-order valence-electron chi connectivity index (χ4n) is 5.31. The zero-order valence-electron chi connectivity index (χ0n) is 19.3. The highest BCUT2D eigenvalue weighted by Gasteiger charge is 2.27. The van der Waals surface area contributed by atoms with Crippen molar-refractivity contribution < 1.29 is 14.3 Å². The molecule has 172 valence electrons. The lowest BCUT2D eigenvalue weighted by molar-refractivity contribution is 0.0725. The van der Waals surface area contributed by atoms with Crippen molar-refractivity contribution >= 4 is 16.7 Å². The maximum atomic E-state index is 13.7. The van der Waals surface area contributed by atoms with Gasteiger partial charge in [-0.05, 0) is 61.8 Å².